The van der Waals surface area contributed by atoms with Crippen molar-refractivity contribution in [2.75, 3.05) is 5.73 Å². The summed E-state index contributed by atoms with van der Waals surface area (Å²) in [5, 5.41) is 8.89. The van der Waals surface area contributed by atoms with E-state index in [1.54, 1.807) is 16.7 Å². The molecule has 2 N–H and O–H groups in total. The summed E-state index contributed by atoms with van der Waals surface area (Å²) in [4.78, 5) is 4.45. The van der Waals surface area contributed by atoms with E-state index in [2.05, 4.69) is 20.9 Å². The van der Waals surface area contributed by atoms with Crippen molar-refractivity contribution in [1.29, 1.82) is 5.26 Å². The standard InChI is InChI=1S/C14H8BrFN4/c15-10-2-1-5-20-13(18)12(19-14(10)20)8-3-4-11(16)9(6-8)7-17/h1-6H,18H2. The number of fused-ring (bicyclic) bond motifs is 1. The van der Waals surface area contributed by atoms with Crippen molar-refractivity contribution in [3.63, 3.8) is 0 Å². The summed E-state index contributed by atoms with van der Waals surface area (Å²) in [6, 6.07) is 9.75. The Labute approximate surface area is 122 Å². The van der Waals surface area contributed by atoms with Crippen molar-refractivity contribution < 1.29 is 4.39 Å². The highest BCUT2D eigenvalue weighted by molar-refractivity contribution is 9.10. The van der Waals surface area contributed by atoms with Crippen LogP contribution in [0.4, 0.5) is 10.2 Å². The molecule has 0 aliphatic heterocycles. The molecule has 0 radical (unpaired) electrons. The lowest BCUT2D eigenvalue weighted by molar-refractivity contribution is 0.624. The highest BCUT2D eigenvalue weighted by Gasteiger charge is 2.14. The van der Waals surface area contributed by atoms with Gasteiger partial charge in [-0.15, -0.1) is 0 Å². The second-order valence-electron chi connectivity index (χ2n) is 4.20. The lowest BCUT2D eigenvalue weighted by Gasteiger charge is -2.01. The first-order valence-corrected chi connectivity index (χ1v) is 6.53. The van der Waals surface area contributed by atoms with E-state index in [1.165, 1.54) is 12.1 Å². The molecule has 0 bridgehead atoms. The van der Waals surface area contributed by atoms with Crippen LogP contribution in [0.3, 0.4) is 0 Å². The number of nitrogens with zero attached hydrogens (tertiary/aromatic N) is 3. The van der Waals surface area contributed by atoms with Gasteiger partial charge in [0.25, 0.3) is 0 Å². The molecule has 3 rings (SSSR count). The Bertz CT molecular complexity index is 863. The summed E-state index contributed by atoms with van der Waals surface area (Å²) in [7, 11) is 0. The summed E-state index contributed by atoms with van der Waals surface area (Å²) < 4.78 is 15.9. The fraction of sp³-hybridized carbons (Fsp3) is 0. The summed E-state index contributed by atoms with van der Waals surface area (Å²) >= 11 is 3.41. The first-order valence-electron chi connectivity index (χ1n) is 5.74. The lowest BCUT2D eigenvalue weighted by atomic mass is 10.1. The minimum Gasteiger partial charge on any atom is -0.383 e. The number of imidazole rings is 1. The second kappa shape index (κ2) is 4.62. The predicted molar refractivity (Wildman–Crippen MR) is 77.4 cm³/mol. The predicted octanol–water partition coefficient (Wildman–Crippen LogP) is 3.36. The Kier molecular flexibility index (Phi) is 2.92. The van der Waals surface area contributed by atoms with E-state index < -0.39 is 5.82 Å². The molecule has 2 heterocycles. The maximum absolute atomic E-state index is 13.4. The van der Waals surface area contributed by atoms with Gasteiger partial charge >= 0.3 is 0 Å². The Hall–Kier alpha value is -2.39. The number of anilines is 1. The van der Waals surface area contributed by atoms with Crippen LogP contribution in [-0.4, -0.2) is 9.38 Å². The number of nitrogens with two attached hydrogens (primary N) is 1. The Morgan fingerprint density at radius 3 is 2.85 bits per heavy atom. The van der Waals surface area contributed by atoms with Gasteiger partial charge in [0, 0.05) is 11.8 Å². The van der Waals surface area contributed by atoms with E-state index in [9.17, 15) is 4.39 Å². The van der Waals surface area contributed by atoms with Gasteiger partial charge in [-0.25, -0.2) is 9.37 Å². The number of nitriles is 1. The van der Waals surface area contributed by atoms with Crippen molar-refractivity contribution >= 4 is 27.4 Å². The molecule has 0 spiro atoms. The third kappa shape index (κ3) is 1.84. The fourth-order valence-electron chi connectivity index (χ4n) is 2.02. The van der Waals surface area contributed by atoms with Crippen molar-refractivity contribution in [1.82, 2.24) is 9.38 Å². The van der Waals surface area contributed by atoms with Gasteiger partial charge in [0.2, 0.25) is 0 Å². The zero-order valence-corrected chi connectivity index (χ0v) is 11.7. The topological polar surface area (TPSA) is 67.1 Å². The Balaban J connectivity index is 2.28. The number of benzene rings is 1. The van der Waals surface area contributed by atoms with E-state index in [-0.39, 0.29) is 5.56 Å². The molecule has 0 saturated carbocycles. The smallest absolute Gasteiger partial charge is 0.153 e. The van der Waals surface area contributed by atoms with Gasteiger partial charge in [-0.2, -0.15) is 5.26 Å². The van der Waals surface area contributed by atoms with Gasteiger partial charge in [0.15, 0.2) is 5.65 Å². The van der Waals surface area contributed by atoms with Gasteiger partial charge < -0.3 is 5.73 Å². The molecule has 0 amide bonds. The molecule has 3 aromatic rings. The molecule has 0 unspecified atom stereocenters. The first kappa shape index (κ1) is 12.6. The van der Waals surface area contributed by atoms with Crippen molar-refractivity contribution in [2.24, 2.45) is 0 Å². The molecule has 6 heteroatoms. The maximum Gasteiger partial charge on any atom is 0.153 e. The van der Waals surface area contributed by atoms with Crippen molar-refractivity contribution in [3.05, 3.63) is 52.4 Å². The quantitative estimate of drug-likeness (QED) is 0.743. The van der Waals surface area contributed by atoms with E-state index in [0.717, 1.165) is 4.47 Å². The van der Waals surface area contributed by atoms with Crippen LogP contribution < -0.4 is 5.73 Å². The number of aromatic nitrogens is 2. The summed E-state index contributed by atoms with van der Waals surface area (Å²) in [6.45, 7) is 0. The zero-order chi connectivity index (χ0) is 14.3. The molecular formula is C14H8BrFN4. The molecule has 1 aromatic carbocycles. The van der Waals surface area contributed by atoms with E-state index in [4.69, 9.17) is 11.0 Å². The highest BCUT2D eigenvalue weighted by Crippen LogP contribution is 2.30. The molecule has 98 valence electrons. The van der Waals surface area contributed by atoms with Crippen LogP contribution in [0.25, 0.3) is 16.9 Å². The van der Waals surface area contributed by atoms with E-state index in [0.29, 0.717) is 22.7 Å². The SMILES string of the molecule is N#Cc1cc(-c2nc3c(Br)cccn3c2N)ccc1F. The van der Waals surface area contributed by atoms with Crippen molar-refractivity contribution in [2.45, 2.75) is 0 Å². The van der Waals surface area contributed by atoms with Gasteiger partial charge in [-0.3, -0.25) is 4.40 Å². The first-order chi connectivity index (χ1) is 9.61. The molecular weight excluding hydrogens is 323 g/mol. The minimum atomic E-state index is -0.556. The number of nitrogen functional groups attached to an aromatic ring is 1. The number of hydrogen-bond donors (Lipinski definition) is 1. The monoisotopic (exact) mass is 330 g/mol. The Morgan fingerprint density at radius 1 is 1.35 bits per heavy atom. The zero-order valence-electron chi connectivity index (χ0n) is 10.1. The second-order valence-corrected chi connectivity index (χ2v) is 5.06. The van der Waals surface area contributed by atoms with Gasteiger partial charge in [-0.05, 0) is 46.3 Å². The van der Waals surface area contributed by atoms with E-state index >= 15 is 0 Å². The molecule has 2 aromatic heterocycles. The number of pyridine rings is 1. The number of hydrogen-bond acceptors (Lipinski definition) is 3. The largest absolute Gasteiger partial charge is 0.383 e. The summed E-state index contributed by atoms with van der Waals surface area (Å²) in [6.07, 6.45) is 1.79. The molecule has 0 fully saturated rings. The molecule has 0 saturated heterocycles. The van der Waals surface area contributed by atoms with Crippen LogP contribution in [0.1, 0.15) is 5.56 Å². The van der Waals surface area contributed by atoms with Gasteiger partial charge in [-0.1, -0.05) is 0 Å². The average Bonchev–Trinajstić information content (AvgIpc) is 2.79. The van der Waals surface area contributed by atoms with Crippen molar-refractivity contribution in [3.8, 4) is 17.3 Å². The summed E-state index contributed by atoms with van der Waals surface area (Å²) in [5.41, 5.74) is 7.84. The number of halogens is 2. The van der Waals surface area contributed by atoms with Crippen LogP contribution in [0.15, 0.2) is 41.0 Å². The third-order valence-electron chi connectivity index (χ3n) is 3.00. The Morgan fingerprint density at radius 2 is 2.15 bits per heavy atom. The van der Waals surface area contributed by atoms with Crippen LogP contribution in [0, 0.1) is 17.1 Å². The van der Waals surface area contributed by atoms with Crippen LogP contribution in [0.5, 0.6) is 0 Å². The van der Waals surface area contributed by atoms with Gasteiger partial charge in [0.05, 0.1) is 10.0 Å². The molecule has 4 nitrogen and oxygen atoms in total. The molecule has 20 heavy (non-hydrogen) atoms. The fourth-order valence-corrected chi connectivity index (χ4v) is 2.46. The molecule has 0 aliphatic carbocycles. The maximum atomic E-state index is 13.4. The lowest BCUT2D eigenvalue weighted by Crippen LogP contribution is -1.94. The average molecular weight is 331 g/mol. The van der Waals surface area contributed by atoms with E-state index in [1.807, 2.05) is 18.2 Å². The number of rotatable bonds is 1. The molecule has 0 atom stereocenters. The van der Waals surface area contributed by atoms with Crippen LogP contribution in [0.2, 0.25) is 0 Å². The summed E-state index contributed by atoms with van der Waals surface area (Å²) in [5.74, 6) is -0.114. The van der Waals surface area contributed by atoms with Crippen LogP contribution >= 0.6 is 15.9 Å². The normalized spacial score (nSPS) is 10.7. The minimum absolute atomic E-state index is 0.0296. The van der Waals surface area contributed by atoms with Gasteiger partial charge in [0.1, 0.15) is 23.4 Å². The molecule has 0 aliphatic rings. The highest BCUT2D eigenvalue weighted by atomic mass is 79.9. The van der Waals surface area contributed by atoms with Crippen LogP contribution in [-0.2, 0) is 0 Å². The third-order valence-corrected chi connectivity index (χ3v) is 3.62.